The molecule has 0 aliphatic rings. The molecule has 0 spiro atoms. The molecule has 0 saturated heterocycles. The predicted octanol–water partition coefficient (Wildman–Crippen LogP) is 1.86. The minimum atomic E-state index is -0.405. The van der Waals surface area contributed by atoms with Gasteiger partial charge in [0.15, 0.2) is 0 Å². The van der Waals surface area contributed by atoms with Crippen LogP contribution in [0.5, 0.6) is 0 Å². The Morgan fingerprint density at radius 2 is 2.25 bits per heavy atom. The zero-order valence-electron chi connectivity index (χ0n) is 9.41. The second-order valence-electron chi connectivity index (χ2n) is 3.41. The molecule has 0 fully saturated rings. The van der Waals surface area contributed by atoms with Crippen LogP contribution >= 0.6 is 0 Å². The second-order valence-corrected chi connectivity index (χ2v) is 3.41. The van der Waals surface area contributed by atoms with Crippen LogP contribution < -0.4 is 5.32 Å². The van der Waals surface area contributed by atoms with Crippen LogP contribution in [0.25, 0.3) is 0 Å². The maximum atomic E-state index is 10.6. The number of hydrogen-bond donors (Lipinski definition) is 1. The van der Waals surface area contributed by atoms with Crippen LogP contribution in [-0.4, -0.2) is 18.5 Å². The first-order chi connectivity index (χ1) is 7.65. The van der Waals surface area contributed by atoms with E-state index in [1.54, 1.807) is 6.07 Å². The van der Waals surface area contributed by atoms with Crippen molar-refractivity contribution in [3.8, 4) is 11.8 Å². The van der Waals surface area contributed by atoms with Crippen LogP contribution in [0, 0.1) is 28.9 Å². The van der Waals surface area contributed by atoms with Gasteiger partial charge in [0.2, 0.25) is 0 Å². The number of nitrogens with zero attached hydrogens (tertiary/aromatic N) is 1. The highest BCUT2D eigenvalue weighted by Crippen LogP contribution is 2.16. The van der Waals surface area contributed by atoms with Gasteiger partial charge in [0.05, 0.1) is 4.92 Å². The van der Waals surface area contributed by atoms with Crippen LogP contribution in [0.1, 0.15) is 17.5 Å². The molecule has 1 N–H and O–H groups in total. The Bertz CT molecular complexity index is 444. The highest BCUT2D eigenvalue weighted by molar-refractivity contribution is 5.48. The van der Waals surface area contributed by atoms with E-state index in [-0.39, 0.29) is 5.69 Å². The first-order valence-corrected chi connectivity index (χ1v) is 5.03. The van der Waals surface area contributed by atoms with Gasteiger partial charge in [-0.15, -0.1) is 0 Å². The lowest BCUT2D eigenvalue weighted by molar-refractivity contribution is -0.384. The molecule has 0 amide bonds. The zero-order chi connectivity index (χ0) is 12.0. The van der Waals surface area contributed by atoms with Gasteiger partial charge >= 0.3 is 0 Å². The summed E-state index contributed by atoms with van der Waals surface area (Å²) in [5.74, 6) is 5.92. The summed E-state index contributed by atoms with van der Waals surface area (Å²) < 4.78 is 0. The fourth-order valence-electron chi connectivity index (χ4n) is 1.20. The predicted molar refractivity (Wildman–Crippen MR) is 63.3 cm³/mol. The summed E-state index contributed by atoms with van der Waals surface area (Å²) in [5, 5.41) is 13.6. The van der Waals surface area contributed by atoms with Crippen molar-refractivity contribution in [3.63, 3.8) is 0 Å². The topological polar surface area (TPSA) is 55.2 Å². The zero-order valence-corrected chi connectivity index (χ0v) is 9.41. The molecular formula is C12H14N2O2. The Morgan fingerprint density at radius 3 is 2.88 bits per heavy atom. The van der Waals surface area contributed by atoms with Crippen molar-refractivity contribution < 1.29 is 4.92 Å². The van der Waals surface area contributed by atoms with Crippen molar-refractivity contribution in [3.05, 3.63) is 39.4 Å². The SMILES string of the molecule is CNCCC#Cc1cc([N+](=O)[O-])ccc1C. The van der Waals surface area contributed by atoms with Gasteiger partial charge in [-0.2, -0.15) is 0 Å². The molecule has 1 rings (SSSR count). The lowest BCUT2D eigenvalue weighted by Gasteiger charge is -1.97. The number of nitro benzene ring substituents is 1. The van der Waals surface area contributed by atoms with Gasteiger partial charge in [-0.05, 0) is 19.5 Å². The van der Waals surface area contributed by atoms with Crippen LogP contribution in [0.2, 0.25) is 0 Å². The van der Waals surface area contributed by atoms with E-state index in [9.17, 15) is 10.1 Å². The van der Waals surface area contributed by atoms with Gasteiger partial charge in [-0.3, -0.25) is 10.1 Å². The molecule has 4 heteroatoms. The van der Waals surface area contributed by atoms with Gasteiger partial charge in [-0.1, -0.05) is 17.9 Å². The molecule has 0 radical (unpaired) electrons. The van der Waals surface area contributed by atoms with Gasteiger partial charge in [0, 0.05) is 30.7 Å². The molecule has 4 nitrogen and oxygen atoms in total. The highest BCUT2D eigenvalue weighted by atomic mass is 16.6. The molecule has 16 heavy (non-hydrogen) atoms. The first-order valence-electron chi connectivity index (χ1n) is 5.03. The quantitative estimate of drug-likeness (QED) is 0.364. The fraction of sp³-hybridized carbons (Fsp3) is 0.333. The summed E-state index contributed by atoms with van der Waals surface area (Å²) >= 11 is 0. The maximum Gasteiger partial charge on any atom is 0.270 e. The van der Waals surface area contributed by atoms with E-state index in [4.69, 9.17) is 0 Å². The Labute approximate surface area is 94.8 Å². The van der Waals surface area contributed by atoms with Crippen molar-refractivity contribution in [1.82, 2.24) is 5.32 Å². The first kappa shape index (κ1) is 12.2. The summed E-state index contributed by atoms with van der Waals surface area (Å²) in [6.45, 7) is 2.72. The van der Waals surface area contributed by atoms with Crippen molar-refractivity contribution in [2.45, 2.75) is 13.3 Å². The molecule has 0 aliphatic carbocycles. The number of rotatable bonds is 3. The van der Waals surface area contributed by atoms with Gasteiger partial charge in [0.1, 0.15) is 0 Å². The lowest BCUT2D eigenvalue weighted by Crippen LogP contribution is -2.05. The van der Waals surface area contributed by atoms with E-state index in [0.717, 1.165) is 24.1 Å². The second kappa shape index (κ2) is 5.89. The highest BCUT2D eigenvalue weighted by Gasteiger charge is 2.06. The molecule has 0 aromatic heterocycles. The van der Waals surface area contributed by atoms with Crippen LogP contribution in [0.3, 0.4) is 0 Å². The molecule has 0 saturated carbocycles. The largest absolute Gasteiger partial charge is 0.319 e. The monoisotopic (exact) mass is 218 g/mol. The third kappa shape index (κ3) is 3.37. The number of hydrogen-bond acceptors (Lipinski definition) is 3. The standard InChI is InChI=1S/C12H14N2O2/c1-10-6-7-12(14(15)16)9-11(10)5-3-4-8-13-2/h6-7,9,13H,4,8H2,1-2H3. The number of benzene rings is 1. The fourth-order valence-corrected chi connectivity index (χ4v) is 1.20. The van der Waals surface area contributed by atoms with Crippen molar-refractivity contribution in [2.75, 3.05) is 13.6 Å². The van der Waals surface area contributed by atoms with Crippen molar-refractivity contribution >= 4 is 5.69 Å². The van der Waals surface area contributed by atoms with E-state index >= 15 is 0 Å². The Morgan fingerprint density at radius 1 is 1.50 bits per heavy atom. The summed E-state index contributed by atoms with van der Waals surface area (Å²) in [6, 6.07) is 4.73. The number of non-ortho nitro benzene ring substituents is 1. The van der Waals surface area contributed by atoms with E-state index in [2.05, 4.69) is 17.2 Å². The molecule has 0 aliphatic heterocycles. The maximum absolute atomic E-state index is 10.6. The van der Waals surface area contributed by atoms with Crippen molar-refractivity contribution in [2.24, 2.45) is 0 Å². The van der Waals surface area contributed by atoms with E-state index < -0.39 is 4.92 Å². The average molecular weight is 218 g/mol. The summed E-state index contributed by atoms with van der Waals surface area (Å²) in [7, 11) is 1.86. The number of nitro groups is 1. The molecule has 84 valence electrons. The molecule has 1 aromatic rings. The molecular weight excluding hydrogens is 204 g/mol. The van der Waals surface area contributed by atoms with Gasteiger partial charge in [0.25, 0.3) is 5.69 Å². The minimum Gasteiger partial charge on any atom is -0.319 e. The molecule has 0 bridgehead atoms. The Kier molecular flexibility index (Phi) is 4.49. The smallest absolute Gasteiger partial charge is 0.270 e. The molecule has 0 unspecified atom stereocenters. The average Bonchev–Trinajstić information content (AvgIpc) is 2.26. The third-order valence-corrected chi connectivity index (χ3v) is 2.16. The van der Waals surface area contributed by atoms with E-state index in [1.165, 1.54) is 12.1 Å². The molecule has 0 heterocycles. The summed E-state index contributed by atoms with van der Waals surface area (Å²) in [5.41, 5.74) is 1.77. The van der Waals surface area contributed by atoms with Crippen LogP contribution in [0.4, 0.5) is 5.69 Å². The van der Waals surface area contributed by atoms with Gasteiger partial charge in [-0.25, -0.2) is 0 Å². The summed E-state index contributed by atoms with van der Waals surface area (Å²) in [4.78, 5) is 10.2. The van der Waals surface area contributed by atoms with Gasteiger partial charge < -0.3 is 5.32 Å². The molecule has 0 atom stereocenters. The number of aryl methyl sites for hydroxylation is 1. The summed E-state index contributed by atoms with van der Waals surface area (Å²) in [6.07, 6.45) is 0.735. The normalized spacial score (nSPS) is 9.38. The van der Waals surface area contributed by atoms with Crippen LogP contribution in [0.15, 0.2) is 18.2 Å². The third-order valence-electron chi connectivity index (χ3n) is 2.16. The van der Waals surface area contributed by atoms with Crippen LogP contribution in [-0.2, 0) is 0 Å². The van der Waals surface area contributed by atoms with E-state index in [0.29, 0.717) is 0 Å². The molecule has 1 aromatic carbocycles. The van der Waals surface area contributed by atoms with E-state index in [1.807, 2.05) is 14.0 Å². The lowest BCUT2D eigenvalue weighted by atomic mass is 10.1. The Hall–Kier alpha value is -1.86. The van der Waals surface area contributed by atoms with Crippen molar-refractivity contribution in [1.29, 1.82) is 0 Å². The minimum absolute atomic E-state index is 0.0866. The number of nitrogens with one attached hydrogen (secondary N) is 1. The Balaban J connectivity index is 2.88.